The number of rotatable bonds is 3. The van der Waals surface area contributed by atoms with Gasteiger partial charge < -0.3 is 0 Å². The van der Waals surface area contributed by atoms with Gasteiger partial charge in [-0.2, -0.15) is 0 Å². The van der Waals surface area contributed by atoms with Gasteiger partial charge in [0.05, 0.1) is 5.69 Å². The van der Waals surface area contributed by atoms with Crippen LogP contribution >= 0.6 is 11.8 Å². The molecule has 0 bridgehead atoms. The molecule has 0 aliphatic rings. The van der Waals surface area contributed by atoms with Crippen LogP contribution in [0.1, 0.15) is 17.2 Å². The molecule has 0 N–H and O–H groups in total. The summed E-state index contributed by atoms with van der Waals surface area (Å²) in [6.07, 6.45) is 1.80. The van der Waals surface area contributed by atoms with Gasteiger partial charge in [-0.3, -0.25) is 9.38 Å². The van der Waals surface area contributed by atoms with Crippen molar-refractivity contribution < 1.29 is 0 Å². The van der Waals surface area contributed by atoms with E-state index >= 15 is 0 Å². The fourth-order valence-corrected chi connectivity index (χ4v) is 2.82. The summed E-state index contributed by atoms with van der Waals surface area (Å²) in [5.41, 5.74) is 2.83. The van der Waals surface area contributed by atoms with E-state index in [1.807, 2.05) is 42.5 Å². The van der Waals surface area contributed by atoms with Gasteiger partial charge in [0.15, 0.2) is 10.8 Å². The maximum atomic E-state index is 4.44. The van der Waals surface area contributed by atoms with Gasteiger partial charge in [0.1, 0.15) is 5.82 Å². The molecule has 5 nitrogen and oxygen atoms in total. The van der Waals surface area contributed by atoms with Gasteiger partial charge in [0, 0.05) is 23.7 Å². The lowest BCUT2D eigenvalue weighted by Gasteiger charge is -2.03. The molecule has 3 heterocycles. The summed E-state index contributed by atoms with van der Waals surface area (Å²) in [4.78, 5) is 8.74. The summed E-state index contributed by atoms with van der Waals surface area (Å²) >= 11 is 1.62. The van der Waals surface area contributed by atoms with E-state index in [-0.39, 0.29) is 0 Å². The van der Waals surface area contributed by atoms with E-state index in [9.17, 15) is 0 Å². The maximum Gasteiger partial charge on any atom is 0.197 e. The SMILES string of the molecule is Cc1cc2nnc(SCc3ccccn3)n2c(C)n1. The van der Waals surface area contributed by atoms with Crippen molar-refractivity contribution in [3.63, 3.8) is 0 Å². The number of nitrogens with zero attached hydrogens (tertiary/aromatic N) is 5. The number of pyridine rings is 1. The third-order valence-electron chi connectivity index (χ3n) is 2.73. The van der Waals surface area contributed by atoms with E-state index in [0.717, 1.165) is 33.8 Å². The zero-order valence-corrected chi connectivity index (χ0v) is 11.6. The molecule has 96 valence electrons. The van der Waals surface area contributed by atoms with E-state index in [2.05, 4.69) is 20.2 Å². The van der Waals surface area contributed by atoms with Gasteiger partial charge in [-0.15, -0.1) is 10.2 Å². The highest BCUT2D eigenvalue weighted by molar-refractivity contribution is 7.98. The zero-order chi connectivity index (χ0) is 13.2. The van der Waals surface area contributed by atoms with Crippen LogP contribution in [0.5, 0.6) is 0 Å². The Morgan fingerprint density at radius 3 is 2.89 bits per heavy atom. The standard InChI is InChI=1S/C13H13N5S/c1-9-7-12-16-17-13(18(12)10(2)15-9)19-8-11-5-3-4-6-14-11/h3-7H,8H2,1-2H3. The average Bonchev–Trinajstić information content (AvgIpc) is 2.81. The third kappa shape index (κ3) is 2.44. The fraction of sp³-hybridized carbons (Fsp3) is 0.231. The van der Waals surface area contributed by atoms with Gasteiger partial charge >= 0.3 is 0 Å². The predicted octanol–water partition coefficient (Wildman–Crippen LogP) is 2.43. The van der Waals surface area contributed by atoms with Gasteiger partial charge in [0.2, 0.25) is 0 Å². The second kappa shape index (κ2) is 4.97. The summed E-state index contributed by atoms with van der Waals surface area (Å²) in [6.45, 7) is 3.93. The number of aryl methyl sites for hydroxylation is 2. The summed E-state index contributed by atoms with van der Waals surface area (Å²) in [6, 6.07) is 7.84. The van der Waals surface area contributed by atoms with Gasteiger partial charge in [-0.05, 0) is 26.0 Å². The van der Waals surface area contributed by atoms with Crippen LogP contribution in [0.2, 0.25) is 0 Å². The molecule has 0 spiro atoms. The molecule has 19 heavy (non-hydrogen) atoms. The Kier molecular flexibility index (Phi) is 3.16. The highest BCUT2D eigenvalue weighted by atomic mass is 32.2. The second-order valence-corrected chi connectivity index (χ2v) is 5.17. The van der Waals surface area contributed by atoms with Crippen molar-refractivity contribution in [2.75, 3.05) is 0 Å². The molecule has 6 heteroatoms. The van der Waals surface area contributed by atoms with Crippen molar-refractivity contribution in [3.8, 4) is 0 Å². The Hall–Kier alpha value is -1.95. The average molecular weight is 271 g/mol. The van der Waals surface area contributed by atoms with E-state index < -0.39 is 0 Å². The number of thioether (sulfide) groups is 1. The molecule has 0 unspecified atom stereocenters. The molecule has 0 saturated carbocycles. The highest BCUT2D eigenvalue weighted by Gasteiger charge is 2.10. The third-order valence-corrected chi connectivity index (χ3v) is 3.70. The Morgan fingerprint density at radius 2 is 2.11 bits per heavy atom. The van der Waals surface area contributed by atoms with Gasteiger partial charge in [0.25, 0.3) is 0 Å². The van der Waals surface area contributed by atoms with Crippen molar-refractivity contribution in [2.45, 2.75) is 24.8 Å². The quantitative estimate of drug-likeness (QED) is 0.685. The summed E-state index contributed by atoms with van der Waals surface area (Å²) in [5, 5.41) is 9.26. The van der Waals surface area contributed by atoms with Crippen molar-refractivity contribution in [3.05, 3.63) is 47.7 Å². The van der Waals surface area contributed by atoms with Crippen LogP contribution in [0.15, 0.2) is 35.6 Å². The van der Waals surface area contributed by atoms with Crippen LogP contribution in [0, 0.1) is 13.8 Å². The summed E-state index contributed by atoms with van der Waals surface area (Å²) in [7, 11) is 0. The molecule has 3 rings (SSSR count). The summed E-state index contributed by atoms with van der Waals surface area (Å²) in [5.74, 6) is 1.68. The number of aromatic nitrogens is 5. The van der Waals surface area contributed by atoms with E-state index in [0.29, 0.717) is 0 Å². The number of fused-ring (bicyclic) bond motifs is 1. The Morgan fingerprint density at radius 1 is 1.21 bits per heavy atom. The Balaban J connectivity index is 1.90. The largest absolute Gasteiger partial charge is 0.260 e. The van der Waals surface area contributed by atoms with Crippen molar-refractivity contribution in [1.29, 1.82) is 0 Å². The van der Waals surface area contributed by atoms with Crippen molar-refractivity contribution in [2.24, 2.45) is 0 Å². The molecule has 0 radical (unpaired) electrons. The molecular formula is C13H13N5S. The van der Waals surface area contributed by atoms with Crippen LogP contribution < -0.4 is 0 Å². The smallest absolute Gasteiger partial charge is 0.197 e. The maximum absolute atomic E-state index is 4.44. The number of hydrogen-bond acceptors (Lipinski definition) is 5. The lowest BCUT2D eigenvalue weighted by Crippen LogP contribution is -1.99. The van der Waals surface area contributed by atoms with Crippen LogP contribution in [-0.4, -0.2) is 24.6 Å². The molecule has 0 aliphatic heterocycles. The second-order valence-electron chi connectivity index (χ2n) is 4.23. The first kappa shape index (κ1) is 12.1. The molecule has 0 amide bonds. The van der Waals surface area contributed by atoms with Crippen molar-refractivity contribution >= 4 is 17.4 Å². The first-order chi connectivity index (χ1) is 9.24. The monoisotopic (exact) mass is 271 g/mol. The molecule has 0 aliphatic carbocycles. The lowest BCUT2D eigenvalue weighted by atomic mass is 10.4. The summed E-state index contributed by atoms with van der Waals surface area (Å²) < 4.78 is 1.97. The number of hydrogen-bond donors (Lipinski definition) is 0. The molecule has 0 aromatic carbocycles. The molecule has 0 atom stereocenters. The first-order valence-electron chi connectivity index (χ1n) is 5.96. The normalized spacial score (nSPS) is 11.1. The molecule has 3 aromatic rings. The topological polar surface area (TPSA) is 56.0 Å². The van der Waals surface area contributed by atoms with E-state index in [1.165, 1.54) is 0 Å². The molecule has 0 fully saturated rings. The van der Waals surface area contributed by atoms with Crippen molar-refractivity contribution in [1.82, 2.24) is 24.6 Å². The Labute approximate surface area is 115 Å². The molecule has 3 aromatic heterocycles. The minimum Gasteiger partial charge on any atom is -0.260 e. The highest BCUT2D eigenvalue weighted by Crippen LogP contribution is 2.21. The predicted molar refractivity (Wildman–Crippen MR) is 74.1 cm³/mol. The van der Waals surface area contributed by atoms with Gasteiger partial charge in [-0.1, -0.05) is 17.8 Å². The first-order valence-corrected chi connectivity index (χ1v) is 6.95. The van der Waals surface area contributed by atoms with Gasteiger partial charge in [-0.25, -0.2) is 4.98 Å². The zero-order valence-electron chi connectivity index (χ0n) is 10.7. The Bertz CT molecular complexity index is 708. The van der Waals surface area contributed by atoms with Crippen LogP contribution in [-0.2, 0) is 5.75 Å². The molecule has 0 saturated heterocycles. The van der Waals surface area contributed by atoms with Crippen LogP contribution in [0.3, 0.4) is 0 Å². The fourth-order valence-electron chi connectivity index (χ4n) is 1.92. The minimum atomic E-state index is 0.773. The van der Waals surface area contributed by atoms with E-state index in [4.69, 9.17) is 0 Å². The minimum absolute atomic E-state index is 0.773. The van der Waals surface area contributed by atoms with Crippen LogP contribution in [0.4, 0.5) is 0 Å². The molecular weight excluding hydrogens is 258 g/mol. The lowest BCUT2D eigenvalue weighted by molar-refractivity contribution is 0.853. The van der Waals surface area contributed by atoms with Crippen LogP contribution in [0.25, 0.3) is 5.65 Å². The van der Waals surface area contributed by atoms with E-state index in [1.54, 1.807) is 18.0 Å².